The molecule has 1 saturated carbocycles. The van der Waals surface area contributed by atoms with Crippen molar-refractivity contribution in [3.63, 3.8) is 0 Å². The Morgan fingerprint density at radius 3 is 2.88 bits per heavy atom. The van der Waals surface area contributed by atoms with Gasteiger partial charge in [0.15, 0.2) is 0 Å². The zero-order valence-corrected chi connectivity index (χ0v) is 9.39. The van der Waals surface area contributed by atoms with E-state index in [-0.39, 0.29) is 6.04 Å². The van der Waals surface area contributed by atoms with Crippen molar-refractivity contribution in [1.82, 2.24) is 20.3 Å². The van der Waals surface area contributed by atoms with Crippen molar-refractivity contribution in [3.8, 4) is 0 Å². The van der Waals surface area contributed by atoms with Crippen molar-refractivity contribution < 1.29 is 4.79 Å². The normalized spacial score (nSPS) is 30.7. The summed E-state index contributed by atoms with van der Waals surface area (Å²) >= 11 is 0. The molecule has 0 bridgehead atoms. The first kappa shape index (κ1) is 9.96. The molecule has 2 fully saturated rings. The lowest BCUT2D eigenvalue weighted by atomic mass is 9.93. The van der Waals surface area contributed by atoms with Gasteiger partial charge in [0.2, 0.25) is 0 Å². The third kappa shape index (κ3) is 1.87. The lowest BCUT2D eigenvalue weighted by molar-refractivity contribution is -0.121. The van der Waals surface area contributed by atoms with Crippen molar-refractivity contribution in [2.75, 3.05) is 0 Å². The molecule has 1 aliphatic carbocycles. The minimum atomic E-state index is 0.0700. The highest BCUT2D eigenvalue weighted by atomic mass is 16.1. The summed E-state index contributed by atoms with van der Waals surface area (Å²) in [6.45, 7) is 0. The van der Waals surface area contributed by atoms with Crippen LogP contribution in [-0.2, 0) is 11.8 Å². The number of hydrogen-bond acceptors (Lipinski definition) is 4. The maximum Gasteiger partial charge on any atom is 0.136 e. The van der Waals surface area contributed by atoms with Gasteiger partial charge >= 0.3 is 0 Å². The molecule has 2 atom stereocenters. The van der Waals surface area contributed by atoms with Crippen LogP contribution in [0.3, 0.4) is 0 Å². The van der Waals surface area contributed by atoms with Gasteiger partial charge in [-0.15, -0.1) is 5.10 Å². The van der Waals surface area contributed by atoms with Crippen LogP contribution >= 0.6 is 0 Å². The molecule has 3 rings (SSSR count). The predicted molar refractivity (Wildman–Crippen MR) is 57.6 cm³/mol. The fourth-order valence-corrected chi connectivity index (χ4v) is 2.45. The average Bonchev–Trinajstić information content (AvgIpc) is 3.01. The van der Waals surface area contributed by atoms with Crippen LogP contribution in [0, 0.1) is 5.92 Å². The third-order valence-corrected chi connectivity index (χ3v) is 3.46. The molecule has 2 heterocycles. The van der Waals surface area contributed by atoms with E-state index in [1.54, 1.807) is 4.68 Å². The molecule has 16 heavy (non-hydrogen) atoms. The standard InChI is InChI=1S/C11H16N4O/c1-15-6-11(13-14-15)10-5-8(16)4-9(12-10)7-2-3-7/h6-7,9-10,12H,2-5H2,1H3/t9-,10?/m0/s1. The van der Waals surface area contributed by atoms with Crippen molar-refractivity contribution in [2.24, 2.45) is 13.0 Å². The highest BCUT2D eigenvalue weighted by molar-refractivity contribution is 5.80. The van der Waals surface area contributed by atoms with Gasteiger partial charge in [-0.2, -0.15) is 0 Å². The van der Waals surface area contributed by atoms with E-state index in [2.05, 4.69) is 15.6 Å². The van der Waals surface area contributed by atoms with Gasteiger partial charge in [0.1, 0.15) is 11.5 Å². The summed E-state index contributed by atoms with van der Waals surface area (Å²) in [5.41, 5.74) is 0.890. The molecule has 5 nitrogen and oxygen atoms in total. The number of aryl methyl sites for hydroxylation is 1. The number of carbonyl (C=O) groups excluding carboxylic acids is 1. The van der Waals surface area contributed by atoms with Gasteiger partial charge < -0.3 is 5.32 Å². The molecule has 1 aromatic rings. The summed E-state index contributed by atoms with van der Waals surface area (Å²) in [7, 11) is 1.85. The largest absolute Gasteiger partial charge is 0.305 e. The Bertz CT molecular complexity index is 410. The maximum atomic E-state index is 11.7. The third-order valence-electron chi connectivity index (χ3n) is 3.46. The molecule has 86 valence electrons. The number of ketones is 1. The second-order valence-corrected chi connectivity index (χ2v) is 4.93. The van der Waals surface area contributed by atoms with Crippen LogP contribution in [0.2, 0.25) is 0 Å². The number of hydrogen-bond donors (Lipinski definition) is 1. The zero-order valence-electron chi connectivity index (χ0n) is 9.39. The van der Waals surface area contributed by atoms with Crippen molar-refractivity contribution in [1.29, 1.82) is 0 Å². The number of rotatable bonds is 2. The van der Waals surface area contributed by atoms with E-state index >= 15 is 0 Å². The van der Waals surface area contributed by atoms with E-state index in [9.17, 15) is 4.79 Å². The number of Topliss-reactive ketones (excluding diaryl/α,β-unsaturated/α-hetero) is 1. The molecule has 0 aromatic carbocycles. The SMILES string of the molecule is Cn1cc(C2CC(=O)C[C@@H](C3CC3)N2)nn1. The average molecular weight is 220 g/mol. The number of nitrogens with zero attached hydrogens (tertiary/aromatic N) is 3. The Hall–Kier alpha value is -1.23. The summed E-state index contributed by atoms with van der Waals surface area (Å²) in [6, 6.07) is 0.439. The van der Waals surface area contributed by atoms with Crippen LogP contribution in [0.25, 0.3) is 0 Å². The first-order chi connectivity index (χ1) is 7.72. The monoisotopic (exact) mass is 220 g/mol. The molecular formula is C11H16N4O. The Morgan fingerprint density at radius 2 is 2.25 bits per heavy atom. The molecule has 1 N–H and O–H groups in total. The first-order valence-corrected chi connectivity index (χ1v) is 5.86. The smallest absolute Gasteiger partial charge is 0.136 e. The summed E-state index contributed by atoms with van der Waals surface area (Å²) < 4.78 is 1.68. The lowest BCUT2D eigenvalue weighted by Crippen LogP contribution is -2.42. The van der Waals surface area contributed by atoms with E-state index < -0.39 is 0 Å². The summed E-state index contributed by atoms with van der Waals surface area (Å²) in [5.74, 6) is 1.06. The van der Waals surface area contributed by atoms with Crippen LogP contribution in [0.15, 0.2) is 6.20 Å². The molecule has 0 amide bonds. The molecule has 1 saturated heterocycles. The van der Waals surface area contributed by atoms with Gasteiger partial charge in [-0.25, -0.2) is 0 Å². The number of piperidine rings is 1. The van der Waals surface area contributed by atoms with Crippen LogP contribution in [0.5, 0.6) is 0 Å². The van der Waals surface area contributed by atoms with Gasteiger partial charge in [-0.3, -0.25) is 9.48 Å². The van der Waals surface area contributed by atoms with E-state index in [1.807, 2.05) is 13.2 Å². The van der Waals surface area contributed by atoms with E-state index in [4.69, 9.17) is 0 Å². The van der Waals surface area contributed by atoms with E-state index in [0.29, 0.717) is 30.6 Å². The highest BCUT2D eigenvalue weighted by Gasteiger charge is 2.38. The Kier molecular flexibility index (Phi) is 2.28. The second-order valence-electron chi connectivity index (χ2n) is 4.93. The molecule has 1 unspecified atom stereocenters. The van der Waals surface area contributed by atoms with Crippen LogP contribution in [0.4, 0.5) is 0 Å². The van der Waals surface area contributed by atoms with Crippen molar-refractivity contribution in [2.45, 2.75) is 37.8 Å². The van der Waals surface area contributed by atoms with Crippen molar-refractivity contribution in [3.05, 3.63) is 11.9 Å². The molecule has 0 radical (unpaired) electrons. The fraction of sp³-hybridized carbons (Fsp3) is 0.727. The van der Waals surface area contributed by atoms with Crippen LogP contribution in [-0.4, -0.2) is 26.8 Å². The molecular weight excluding hydrogens is 204 g/mol. The van der Waals surface area contributed by atoms with Crippen molar-refractivity contribution >= 4 is 5.78 Å². The van der Waals surface area contributed by atoms with Crippen LogP contribution in [0.1, 0.15) is 37.4 Å². The first-order valence-electron chi connectivity index (χ1n) is 5.86. The highest BCUT2D eigenvalue weighted by Crippen LogP contribution is 2.37. The fourth-order valence-electron chi connectivity index (χ4n) is 2.45. The molecule has 5 heteroatoms. The van der Waals surface area contributed by atoms with E-state index in [1.165, 1.54) is 12.8 Å². The van der Waals surface area contributed by atoms with Gasteiger partial charge in [-0.05, 0) is 18.8 Å². The maximum absolute atomic E-state index is 11.7. The molecule has 1 aliphatic heterocycles. The van der Waals surface area contributed by atoms with Gasteiger partial charge in [0, 0.05) is 32.1 Å². The Balaban J connectivity index is 1.76. The quantitative estimate of drug-likeness (QED) is 0.792. The minimum absolute atomic E-state index is 0.0700. The predicted octanol–water partition coefficient (Wildman–Crippen LogP) is 0.587. The Labute approximate surface area is 94.2 Å². The number of nitrogens with one attached hydrogen (secondary N) is 1. The lowest BCUT2D eigenvalue weighted by Gasteiger charge is -2.29. The molecule has 1 aromatic heterocycles. The summed E-state index contributed by atoms with van der Waals surface area (Å²) in [6.07, 6.45) is 5.67. The second kappa shape index (κ2) is 3.66. The molecule has 2 aliphatic rings. The van der Waals surface area contributed by atoms with E-state index in [0.717, 1.165) is 5.69 Å². The number of aromatic nitrogens is 3. The zero-order chi connectivity index (χ0) is 11.1. The van der Waals surface area contributed by atoms with Crippen LogP contribution < -0.4 is 5.32 Å². The van der Waals surface area contributed by atoms with Gasteiger partial charge in [0.25, 0.3) is 0 Å². The minimum Gasteiger partial charge on any atom is -0.305 e. The van der Waals surface area contributed by atoms with Gasteiger partial charge in [-0.1, -0.05) is 5.21 Å². The number of carbonyl (C=O) groups is 1. The molecule has 0 spiro atoms. The topological polar surface area (TPSA) is 59.8 Å². The Morgan fingerprint density at radius 1 is 1.44 bits per heavy atom. The summed E-state index contributed by atoms with van der Waals surface area (Å²) in [4.78, 5) is 11.7. The summed E-state index contributed by atoms with van der Waals surface area (Å²) in [5, 5.41) is 11.5. The van der Waals surface area contributed by atoms with Gasteiger partial charge in [0.05, 0.1) is 6.04 Å².